The predicted molar refractivity (Wildman–Crippen MR) is 84.4 cm³/mol. The molecule has 1 amide bonds. The number of nitrogens with one attached hydrogen (secondary N) is 1. The molecule has 1 atom stereocenters. The zero-order chi connectivity index (χ0) is 15.3. The van der Waals surface area contributed by atoms with Gasteiger partial charge in [0.15, 0.2) is 0 Å². The predicted octanol–water partition coefficient (Wildman–Crippen LogP) is 1.56. The number of aromatic nitrogens is 2. The molecule has 3 N–H and O–H groups in total. The number of carbonyl (C=O) groups excluding carboxylic acids is 1. The number of nitrogens with two attached hydrogens (primary N) is 1. The monoisotopic (exact) mass is 296 g/mol. The summed E-state index contributed by atoms with van der Waals surface area (Å²) < 4.78 is 1.95. The molecule has 0 aliphatic carbocycles. The molecule has 112 valence electrons. The Kier molecular flexibility index (Phi) is 6.13. The van der Waals surface area contributed by atoms with Crippen molar-refractivity contribution in [1.29, 1.82) is 0 Å². The third kappa shape index (κ3) is 4.59. The number of amides is 1. The van der Waals surface area contributed by atoms with Crippen LogP contribution in [0, 0.1) is 25.7 Å². The number of nitrogens with zero attached hydrogens (tertiary/aromatic N) is 2. The zero-order valence-electron chi connectivity index (χ0n) is 12.6. The van der Waals surface area contributed by atoms with Gasteiger partial charge in [-0.2, -0.15) is 5.10 Å². The molecule has 1 aromatic rings. The molecular formula is C14H24N4OS. The van der Waals surface area contributed by atoms with E-state index < -0.39 is 5.92 Å². The summed E-state index contributed by atoms with van der Waals surface area (Å²) >= 11 is 4.95. The highest BCUT2D eigenvalue weighted by molar-refractivity contribution is 7.80. The first-order valence-corrected chi connectivity index (χ1v) is 7.31. The third-order valence-electron chi connectivity index (χ3n) is 3.20. The smallest absolute Gasteiger partial charge is 0.230 e. The molecule has 0 bridgehead atoms. The fourth-order valence-corrected chi connectivity index (χ4v) is 2.59. The zero-order valence-corrected chi connectivity index (χ0v) is 13.5. The fourth-order valence-electron chi connectivity index (χ4n) is 2.21. The van der Waals surface area contributed by atoms with E-state index >= 15 is 0 Å². The lowest BCUT2D eigenvalue weighted by Gasteiger charge is -2.18. The second-order valence-electron chi connectivity index (χ2n) is 5.42. The second-order valence-corrected chi connectivity index (χ2v) is 5.89. The molecule has 20 heavy (non-hydrogen) atoms. The normalized spacial score (nSPS) is 12.4. The molecule has 0 saturated heterocycles. The van der Waals surface area contributed by atoms with Crippen LogP contribution in [0.4, 0.5) is 0 Å². The molecule has 6 heteroatoms. The summed E-state index contributed by atoms with van der Waals surface area (Å²) in [6.07, 6.45) is 0.829. The number of thiocarbonyl (C=S) groups is 1. The number of hydrogen-bond donors (Lipinski definition) is 2. The van der Waals surface area contributed by atoms with Crippen LogP contribution in [0.3, 0.4) is 0 Å². The molecule has 5 nitrogen and oxygen atoms in total. The Labute approximate surface area is 125 Å². The Morgan fingerprint density at radius 3 is 2.60 bits per heavy atom. The highest BCUT2D eigenvalue weighted by Gasteiger charge is 2.24. The van der Waals surface area contributed by atoms with Gasteiger partial charge in [-0.25, -0.2) is 0 Å². The molecule has 0 saturated carbocycles. The Bertz CT molecular complexity index is 482. The van der Waals surface area contributed by atoms with Gasteiger partial charge in [0.25, 0.3) is 0 Å². The Balaban J connectivity index is 2.39. The third-order valence-corrected chi connectivity index (χ3v) is 3.46. The van der Waals surface area contributed by atoms with Crippen LogP contribution in [0.5, 0.6) is 0 Å². The quantitative estimate of drug-likeness (QED) is 0.591. The molecule has 1 rings (SSSR count). The minimum absolute atomic E-state index is 0.0825. The summed E-state index contributed by atoms with van der Waals surface area (Å²) in [4.78, 5) is 12.3. The van der Waals surface area contributed by atoms with Gasteiger partial charge in [0.05, 0.1) is 16.6 Å². The molecule has 0 radical (unpaired) electrons. The van der Waals surface area contributed by atoms with E-state index in [1.54, 1.807) is 0 Å². The average molecular weight is 296 g/mol. The highest BCUT2D eigenvalue weighted by atomic mass is 32.1. The standard InChI is InChI=1S/C14H24N4OS/c1-9(2)12(13(15)20)14(19)16-6-5-7-18-11(4)8-10(3)17-18/h8-9,12H,5-7H2,1-4H3,(H2,15,20)(H,16,19). The van der Waals surface area contributed by atoms with E-state index in [0.29, 0.717) is 6.54 Å². The Morgan fingerprint density at radius 2 is 2.15 bits per heavy atom. The van der Waals surface area contributed by atoms with Crippen molar-refractivity contribution >= 4 is 23.1 Å². The largest absolute Gasteiger partial charge is 0.393 e. The molecule has 1 unspecified atom stereocenters. The molecular weight excluding hydrogens is 272 g/mol. The van der Waals surface area contributed by atoms with Crippen molar-refractivity contribution in [3.8, 4) is 0 Å². The van der Waals surface area contributed by atoms with Gasteiger partial charge in [0.2, 0.25) is 5.91 Å². The van der Waals surface area contributed by atoms with Gasteiger partial charge in [0, 0.05) is 18.8 Å². The Hall–Kier alpha value is -1.43. The van der Waals surface area contributed by atoms with E-state index in [2.05, 4.69) is 10.4 Å². The van der Waals surface area contributed by atoms with Crippen LogP contribution < -0.4 is 11.1 Å². The number of rotatable bonds is 7. The van der Waals surface area contributed by atoms with Crippen LogP contribution in [-0.2, 0) is 11.3 Å². The van der Waals surface area contributed by atoms with Gasteiger partial charge in [-0.1, -0.05) is 26.1 Å². The first-order valence-electron chi connectivity index (χ1n) is 6.91. The molecule has 0 spiro atoms. The summed E-state index contributed by atoms with van der Waals surface area (Å²) in [5, 5.41) is 7.28. The minimum atomic E-state index is -0.390. The van der Waals surface area contributed by atoms with Crippen molar-refractivity contribution in [3.63, 3.8) is 0 Å². The van der Waals surface area contributed by atoms with Crippen molar-refractivity contribution in [1.82, 2.24) is 15.1 Å². The van der Waals surface area contributed by atoms with Crippen LogP contribution in [0.15, 0.2) is 6.07 Å². The van der Waals surface area contributed by atoms with Crippen molar-refractivity contribution in [3.05, 3.63) is 17.5 Å². The summed E-state index contributed by atoms with van der Waals surface area (Å²) in [7, 11) is 0. The molecule has 1 aromatic heterocycles. The summed E-state index contributed by atoms with van der Waals surface area (Å²) in [5.74, 6) is -0.358. The maximum atomic E-state index is 12.0. The summed E-state index contributed by atoms with van der Waals surface area (Å²) in [5.41, 5.74) is 7.76. The average Bonchev–Trinajstić information content (AvgIpc) is 2.62. The van der Waals surface area contributed by atoms with E-state index in [0.717, 1.165) is 24.4 Å². The minimum Gasteiger partial charge on any atom is -0.393 e. The fraction of sp³-hybridized carbons (Fsp3) is 0.643. The first-order chi connectivity index (χ1) is 9.32. The van der Waals surface area contributed by atoms with Crippen molar-refractivity contribution in [2.24, 2.45) is 17.6 Å². The molecule has 0 aliphatic heterocycles. The van der Waals surface area contributed by atoms with E-state index in [1.165, 1.54) is 0 Å². The first kappa shape index (κ1) is 16.6. The van der Waals surface area contributed by atoms with Crippen molar-refractivity contribution < 1.29 is 4.79 Å². The van der Waals surface area contributed by atoms with E-state index in [-0.39, 0.29) is 16.8 Å². The lowest BCUT2D eigenvalue weighted by atomic mass is 9.95. The van der Waals surface area contributed by atoms with Crippen molar-refractivity contribution in [2.45, 2.75) is 40.7 Å². The molecule has 0 aliphatic rings. The van der Waals surface area contributed by atoms with Crippen LogP contribution >= 0.6 is 12.2 Å². The van der Waals surface area contributed by atoms with Crippen LogP contribution in [0.25, 0.3) is 0 Å². The number of hydrogen-bond acceptors (Lipinski definition) is 3. The number of aryl methyl sites for hydroxylation is 3. The van der Waals surface area contributed by atoms with E-state index in [4.69, 9.17) is 18.0 Å². The molecule has 1 heterocycles. The lowest BCUT2D eigenvalue weighted by Crippen LogP contribution is -2.41. The number of carbonyl (C=O) groups is 1. The second kappa shape index (κ2) is 7.38. The van der Waals surface area contributed by atoms with Crippen LogP contribution in [0.2, 0.25) is 0 Å². The van der Waals surface area contributed by atoms with Crippen LogP contribution in [-0.4, -0.2) is 27.2 Å². The van der Waals surface area contributed by atoms with Gasteiger partial charge in [0.1, 0.15) is 0 Å². The van der Waals surface area contributed by atoms with Gasteiger partial charge in [-0.05, 0) is 32.3 Å². The van der Waals surface area contributed by atoms with Gasteiger partial charge in [-0.3, -0.25) is 9.48 Å². The maximum Gasteiger partial charge on any atom is 0.230 e. The van der Waals surface area contributed by atoms with Gasteiger partial charge < -0.3 is 11.1 Å². The SMILES string of the molecule is Cc1cc(C)n(CCCNC(=O)C(C(N)=S)C(C)C)n1. The topological polar surface area (TPSA) is 72.9 Å². The highest BCUT2D eigenvalue weighted by Crippen LogP contribution is 2.11. The summed E-state index contributed by atoms with van der Waals surface area (Å²) in [6, 6.07) is 2.04. The molecule has 0 fully saturated rings. The van der Waals surface area contributed by atoms with Crippen LogP contribution in [0.1, 0.15) is 31.7 Å². The van der Waals surface area contributed by atoms with Crippen molar-refractivity contribution in [2.75, 3.05) is 6.54 Å². The maximum absolute atomic E-state index is 12.0. The lowest BCUT2D eigenvalue weighted by molar-refractivity contribution is -0.123. The van der Waals surface area contributed by atoms with Gasteiger partial charge >= 0.3 is 0 Å². The van der Waals surface area contributed by atoms with E-state index in [9.17, 15) is 4.79 Å². The molecule has 0 aromatic carbocycles. The Morgan fingerprint density at radius 1 is 1.50 bits per heavy atom. The van der Waals surface area contributed by atoms with Gasteiger partial charge in [-0.15, -0.1) is 0 Å². The van der Waals surface area contributed by atoms with E-state index in [1.807, 2.05) is 38.4 Å². The summed E-state index contributed by atoms with van der Waals surface area (Å²) in [6.45, 7) is 9.28.